The van der Waals surface area contributed by atoms with Crippen LogP contribution in [0.3, 0.4) is 0 Å². The van der Waals surface area contributed by atoms with Crippen molar-refractivity contribution in [3.05, 3.63) is 0 Å². The molecule has 0 aromatic heterocycles. The largest absolute Gasteiger partial charge is 0.343 e. The number of hydrogen-bond donors (Lipinski definition) is 1. The van der Waals surface area contributed by atoms with Crippen molar-refractivity contribution in [2.45, 2.75) is 39.3 Å². The van der Waals surface area contributed by atoms with Gasteiger partial charge in [-0.05, 0) is 12.3 Å². The number of carbonyl (C=O) groups is 2. The van der Waals surface area contributed by atoms with Crippen molar-refractivity contribution in [2.75, 3.05) is 37.7 Å². The summed E-state index contributed by atoms with van der Waals surface area (Å²) < 4.78 is 0. The molecule has 0 radical (unpaired) electrons. The normalized spacial score (nSPS) is 28.1. The van der Waals surface area contributed by atoms with E-state index >= 15 is 0 Å². The summed E-state index contributed by atoms with van der Waals surface area (Å²) in [6, 6.07) is -0.663. The van der Waals surface area contributed by atoms with Gasteiger partial charge in [0.15, 0.2) is 0 Å². The van der Waals surface area contributed by atoms with E-state index in [0.29, 0.717) is 13.0 Å². The summed E-state index contributed by atoms with van der Waals surface area (Å²) >= 11 is 1.98. The van der Waals surface area contributed by atoms with Gasteiger partial charge in [0, 0.05) is 37.7 Å². The van der Waals surface area contributed by atoms with Gasteiger partial charge >= 0.3 is 0 Å². The van der Waals surface area contributed by atoms with Crippen LogP contribution in [0.2, 0.25) is 0 Å². The topological polar surface area (TPSA) is 52.7 Å². The lowest BCUT2D eigenvalue weighted by molar-refractivity contribution is -0.151. The van der Waals surface area contributed by atoms with E-state index in [1.54, 1.807) is 0 Å². The molecule has 0 aliphatic carbocycles. The third kappa shape index (κ3) is 3.92. The van der Waals surface area contributed by atoms with Crippen LogP contribution in [0.25, 0.3) is 0 Å². The minimum atomic E-state index is -0.343. The summed E-state index contributed by atoms with van der Waals surface area (Å²) in [4.78, 5) is 29.1. The Kier molecular flexibility index (Phi) is 5.93. The van der Waals surface area contributed by atoms with Crippen LogP contribution in [0, 0.1) is 5.92 Å². The lowest BCUT2D eigenvalue weighted by atomic mass is 9.96. The average Bonchev–Trinajstić information content (AvgIpc) is 2.48. The number of rotatable bonds is 5. The lowest BCUT2D eigenvalue weighted by Crippen LogP contribution is -2.65. The first-order chi connectivity index (χ1) is 10.0. The molecule has 0 aromatic carbocycles. The standard InChI is InChI=1S/C15H27N3O2S/c1-4-12-15(20)18(13(11(2)3)14(19)16-12)6-5-17-7-9-21-10-8-17/h11-13H,4-10H2,1-3H3,(H,16,19). The number of carbonyl (C=O) groups excluding carboxylic acids is 2. The van der Waals surface area contributed by atoms with E-state index in [9.17, 15) is 9.59 Å². The molecule has 2 aliphatic rings. The van der Waals surface area contributed by atoms with Gasteiger partial charge in [-0.2, -0.15) is 11.8 Å². The highest BCUT2D eigenvalue weighted by Gasteiger charge is 2.41. The van der Waals surface area contributed by atoms with E-state index in [-0.39, 0.29) is 29.8 Å². The van der Waals surface area contributed by atoms with Crippen molar-refractivity contribution in [3.8, 4) is 0 Å². The zero-order valence-electron chi connectivity index (χ0n) is 13.3. The molecule has 0 aromatic rings. The van der Waals surface area contributed by atoms with Gasteiger partial charge in [0.2, 0.25) is 11.8 Å². The molecule has 0 spiro atoms. The van der Waals surface area contributed by atoms with Crippen LogP contribution in [0.15, 0.2) is 0 Å². The van der Waals surface area contributed by atoms with Crippen LogP contribution in [0.4, 0.5) is 0 Å². The molecule has 2 fully saturated rings. The summed E-state index contributed by atoms with van der Waals surface area (Å²) in [6.45, 7) is 9.67. The minimum Gasteiger partial charge on any atom is -0.343 e. The Morgan fingerprint density at radius 1 is 1.24 bits per heavy atom. The molecule has 6 heteroatoms. The maximum atomic E-state index is 12.6. The first-order valence-electron chi connectivity index (χ1n) is 7.95. The Bertz CT molecular complexity index is 383. The van der Waals surface area contributed by atoms with Crippen LogP contribution in [0.5, 0.6) is 0 Å². The molecule has 0 bridgehead atoms. The first kappa shape index (κ1) is 16.6. The molecule has 120 valence electrons. The number of nitrogens with one attached hydrogen (secondary N) is 1. The molecule has 2 unspecified atom stereocenters. The Morgan fingerprint density at radius 3 is 2.48 bits per heavy atom. The van der Waals surface area contributed by atoms with E-state index in [0.717, 1.165) is 19.6 Å². The molecule has 2 rings (SSSR count). The van der Waals surface area contributed by atoms with Gasteiger partial charge in [0.25, 0.3) is 0 Å². The highest BCUT2D eigenvalue weighted by atomic mass is 32.2. The second-order valence-electron chi connectivity index (χ2n) is 6.14. The molecule has 2 saturated heterocycles. The molecule has 2 heterocycles. The van der Waals surface area contributed by atoms with Crippen LogP contribution in [0.1, 0.15) is 27.2 Å². The second-order valence-corrected chi connectivity index (χ2v) is 7.37. The van der Waals surface area contributed by atoms with Crippen molar-refractivity contribution in [2.24, 2.45) is 5.92 Å². The van der Waals surface area contributed by atoms with Gasteiger partial charge in [-0.15, -0.1) is 0 Å². The molecular weight excluding hydrogens is 286 g/mol. The van der Waals surface area contributed by atoms with E-state index < -0.39 is 0 Å². The Morgan fingerprint density at radius 2 is 1.90 bits per heavy atom. The monoisotopic (exact) mass is 313 g/mol. The minimum absolute atomic E-state index is 0.00523. The SMILES string of the molecule is CCC1NC(=O)C(C(C)C)N(CCN2CCSCC2)C1=O. The molecule has 1 N–H and O–H groups in total. The van der Waals surface area contributed by atoms with E-state index in [4.69, 9.17) is 0 Å². The Labute approximate surface area is 131 Å². The molecule has 2 atom stereocenters. The quantitative estimate of drug-likeness (QED) is 0.816. The molecular formula is C15H27N3O2S. The van der Waals surface area contributed by atoms with Crippen LogP contribution in [-0.4, -0.2) is 71.4 Å². The summed E-state index contributed by atoms with van der Waals surface area (Å²) in [5.41, 5.74) is 0. The maximum Gasteiger partial charge on any atom is 0.245 e. The third-order valence-electron chi connectivity index (χ3n) is 4.30. The van der Waals surface area contributed by atoms with Crippen molar-refractivity contribution in [1.82, 2.24) is 15.1 Å². The van der Waals surface area contributed by atoms with Crippen LogP contribution < -0.4 is 5.32 Å². The van der Waals surface area contributed by atoms with Gasteiger partial charge < -0.3 is 10.2 Å². The van der Waals surface area contributed by atoms with E-state index in [2.05, 4.69) is 10.2 Å². The second kappa shape index (κ2) is 7.49. The molecule has 5 nitrogen and oxygen atoms in total. The number of nitrogens with zero attached hydrogens (tertiary/aromatic N) is 2. The molecule has 2 amide bonds. The smallest absolute Gasteiger partial charge is 0.245 e. The van der Waals surface area contributed by atoms with Gasteiger partial charge in [0.05, 0.1) is 0 Å². The molecule has 0 saturated carbocycles. The van der Waals surface area contributed by atoms with Crippen LogP contribution in [-0.2, 0) is 9.59 Å². The van der Waals surface area contributed by atoms with E-state index in [1.807, 2.05) is 37.4 Å². The van der Waals surface area contributed by atoms with E-state index in [1.165, 1.54) is 11.5 Å². The fourth-order valence-corrected chi connectivity index (χ4v) is 4.04. The van der Waals surface area contributed by atoms with Gasteiger partial charge in [-0.3, -0.25) is 14.5 Å². The van der Waals surface area contributed by atoms with Crippen LogP contribution >= 0.6 is 11.8 Å². The van der Waals surface area contributed by atoms with Gasteiger partial charge in [-0.1, -0.05) is 20.8 Å². The molecule has 2 aliphatic heterocycles. The van der Waals surface area contributed by atoms with Crippen molar-refractivity contribution < 1.29 is 9.59 Å². The molecule has 21 heavy (non-hydrogen) atoms. The van der Waals surface area contributed by atoms with Gasteiger partial charge in [-0.25, -0.2) is 0 Å². The average molecular weight is 313 g/mol. The highest BCUT2D eigenvalue weighted by Crippen LogP contribution is 2.19. The Balaban J connectivity index is 2.02. The number of hydrogen-bond acceptors (Lipinski definition) is 4. The fraction of sp³-hybridized carbons (Fsp3) is 0.867. The number of thioether (sulfide) groups is 1. The summed E-state index contributed by atoms with van der Waals surface area (Å²) in [6.07, 6.45) is 0.659. The van der Waals surface area contributed by atoms with Crippen molar-refractivity contribution in [1.29, 1.82) is 0 Å². The number of amides is 2. The Hall–Kier alpha value is -0.750. The lowest BCUT2D eigenvalue weighted by Gasteiger charge is -2.41. The zero-order valence-corrected chi connectivity index (χ0v) is 14.1. The maximum absolute atomic E-state index is 12.6. The number of piperazine rings is 1. The fourth-order valence-electron chi connectivity index (χ4n) is 3.06. The summed E-state index contributed by atoms with van der Waals surface area (Å²) in [5, 5.41) is 2.87. The predicted molar refractivity (Wildman–Crippen MR) is 86.3 cm³/mol. The summed E-state index contributed by atoms with van der Waals surface area (Å²) in [7, 11) is 0. The third-order valence-corrected chi connectivity index (χ3v) is 5.25. The summed E-state index contributed by atoms with van der Waals surface area (Å²) in [5.74, 6) is 2.57. The van der Waals surface area contributed by atoms with Crippen molar-refractivity contribution >= 4 is 23.6 Å². The van der Waals surface area contributed by atoms with Crippen molar-refractivity contribution in [3.63, 3.8) is 0 Å². The predicted octanol–water partition coefficient (Wildman–Crippen LogP) is 0.797. The zero-order chi connectivity index (χ0) is 15.4. The first-order valence-corrected chi connectivity index (χ1v) is 9.11. The van der Waals surface area contributed by atoms with Gasteiger partial charge in [0.1, 0.15) is 12.1 Å². The highest BCUT2D eigenvalue weighted by molar-refractivity contribution is 7.99.